The van der Waals surface area contributed by atoms with Gasteiger partial charge < -0.3 is 10.2 Å². The molecule has 1 unspecified atom stereocenters. The monoisotopic (exact) mass is 390 g/mol. The third-order valence-electron chi connectivity index (χ3n) is 5.07. The molecule has 1 atom stereocenters. The summed E-state index contributed by atoms with van der Waals surface area (Å²) >= 11 is 0. The average Bonchev–Trinajstić information content (AvgIpc) is 2.77. The molecule has 29 heavy (non-hydrogen) atoms. The number of benzene rings is 1. The van der Waals surface area contributed by atoms with Gasteiger partial charge in [-0.25, -0.2) is 15.0 Å². The number of anilines is 2. The second kappa shape index (κ2) is 8.22. The molecule has 0 radical (unpaired) electrons. The Labute approximate surface area is 168 Å². The van der Waals surface area contributed by atoms with Crippen LogP contribution in [-0.2, 0) is 11.8 Å². The molecule has 0 bridgehead atoms. The first-order chi connectivity index (χ1) is 14.1. The highest BCUT2D eigenvalue weighted by atomic mass is 16.2. The second-order valence-corrected chi connectivity index (χ2v) is 7.07. The zero-order valence-electron chi connectivity index (χ0n) is 16.2. The van der Waals surface area contributed by atoms with Gasteiger partial charge in [-0.1, -0.05) is 18.2 Å². The van der Waals surface area contributed by atoms with Crippen LogP contribution in [0, 0.1) is 5.92 Å². The van der Waals surface area contributed by atoms with Crippen LogP contribution in [0.4, 0.5) is 11.6 Å². The molecule has 4 rings (SSSR count). The number of nitrogens with zero attached hydrogens (tertiary/aromatic N) is 5. The first-order valence-electron chi connectivity index (χ1n) is 9.57. The number of amides is 1. The Bertz CT molecular complexity index is 1050. The van der Waals surface area contributed by atoms with Gasteiger partial charge >= 0.3 is 0 Å². The van der Waals surface area contributed by atoms with Gasteiger partial charge in [-0.15, -0.1) is 0 Å². The number of aromatic nitrogens is 4. The van der Waals surface area contributed by atoms with Gasteiger partial charge in [0.2, 0.25) is 11.9 Å². The van der Waals surface area contributed by atoms with Crippen molar-refractivity contribution in [2.75, 3.05) is 23.3 Å². The zero-order valence-corrected chi connectivity index (χ0v) is 16.2. The molecule has 1 aromatic carbocycles. The van der Waals surface area contributed by atoms with Gasteiger partial charge in [-0.05, 0) is 31.0 Å². The van der Waals surface area contributed by atoms with Crippen LogP contribution in [0.3, 0.4) is 0 Å². The van der Waals surface area contributed by atoms with Crippen LogP contribution in [0.1, 0.15) is 12.8 Å². The van der Waals surface area contributed by atoms with Gasteiger partial charge in [-0.3, -0.25) is 14.2 Å². The van der Waals surface area contributed by atoms with Crippen molar-refractivity contribution in [2.24, 2.45) is 13.0 Å². The Kier molecular flexibility index (Phi) is 5.33. The maximum atomic E-state index is 12.7. The Morgan fingerprint density at radius 3 is 2.76 bits per heavy atom. The summed E-state index contributed by atoms with van der Waals surface area (Å²) in [4.78, 5) is 40.0. The van der Waals surface area contributed by atoms with E-state index in [9.17, 15) is 9.59 Å². The molecule has 0 aliphatic carbocycles. The highest BCUT2D eigenvalue weighted by molar-refractivity contribution is 5.93. The highest BCUT2D eigenvalue weighted by Gasteiger charge is 2.28. The number of piperidine rings is 1. The molecule has 8 nitrogen and oxygen atoms in total. The van der Waals surface area contributed by atoms with E-state index in [1.807, 2.05) is 35.2 Å². The minimum Gasteiger partial charge on any atom is -0.341 e. The molecule has 2 aromatic heterocycles. The molecule has 3 heterocycles. The molecular formula is C21H22N6O2. The number of rotatable bonds is 4. The van der Waals surface area contributed by atoms with Crippen molar-refractivity contribution < 1.29 is 4.79 Å². The number of carbonyl (C=O) groups is 1. The van der Waals surface area contributed by atoms with Crippen molar-refractivity contribution in [2.45, 2.75) is 12.8 Å². The van der Waals surface area contributed by atoms with Gasteiger partial charge in [0.25, 0.3) is 5.56 Å². The molecule has 3 aromatic rings. The van der Waals surface area contributed by atoms with Gasteiger partial charge in [-0.2, -0.15) is 0 Å². The quantitative estimate of drug-likeness (QED) is 0.733. The first-order valence-corrected chi connectivity index (χ1v) is 9.57. The van der Waals surface area contributed by atoms with E-state index in [1.54, 1.807) is 19.3 Å². The molecule has 1 N–H and O–H groups in total. The lowest BCUT2D eigenvalue weighted by atomic mass is 9.97. The van der Waals surface area contributed by atoms with Crippen LogP contribution in [0.25, 0.3) is 11.4 Å². The molecule has 1 saturated heterocycles. The van der Waals surface area contributed by atoms with Crippen molar-refractivity contribution in [1.29, 1.82) is 0 Å². The summed E-state index contributed by atoms with van der Waals surface area (Å²) in [7, 11) is 1.70. The lowest BCUT2D eigenvalue weighted by Crippen LogP contribution is -2.43. The van der Waals surface area contributed by atoms with Crippen molar-refractivity contribution >= 4 is 17.5 Å². The van der Waals surface area contributed by atoms with E-state index >= 15 is 0 Å². The van der Waals surface area contributed by atoms with Crippen molar-refractivity contribution in [3.8, 4) is 11.4 Å². The van der Waals surface area contributed by atoms with E-state index < -0.39 is 0 Å². The summed E-state index contributed by atoms with van der Waals surface area (Å²) in [5.41, 5.74) is 1.71. The lowest BCUT2D eigenvalue weighted by molar-refractivity contribution is -0.120. The van der Waals surface area contributed by atoms with Gasteiger partial charge in [0, 0.05) is 38.1 Å². The molecular weight excluding hydrogens is 368 g/mol. The summed E-state index contributed by atoms with van der Waals surface area (Å²) in [5, 5.41) is 2.98. The maximum Gasteiger partial charge on any atom is 0.255 e. The standard InChI is InChI=1S/C21H22N6O2/c1-26-19(28)12-18(17-9-10-22-14-23-17)25-21(26)27-11-5-6-15(13-27)20(29)24-16-7-3-2-4-8-16/h2-4,7-10,12,14-15H,5-6,11,13H2,1H3,(H,24,29). The van der Waals surface area contributed by atoms with Crippen LogP contribution < -0.4 is 15.8 Å². The van der Waals surface area contributed by atoms with E-state index in [4.69, 9.17) is 0 Å². The van der Waals surface area contributed by atoms with Gasteiger partial charge in [0.1, 0.15) is 6.33 Å². The van der Waals surface area contributed by atoms with Crippen LogP contribution >= 0.6 is 0 Å². The fraction of sp³-hybridized carbons (Fsp3) is 0.286. The van der Waals surface area contributed by atoms with Crippen molar-refractivity contribution in [1.82, 2.24) is 19.5 Å². The minimum atomic E-state index is -0.177. The predicted octanol–water partition coefficient (Wildman–Crippen LogP) is 2.09. The van der Waals surface area contributed by atoms with Crippen LogP contribution in [0.2, 0.25) is 0 Å². The SMILES string of the molecule is Cn1c(N2CCCC(C(=O)Nc3ccccc3)C2)nc(-c2ccncn2)cc1=O. The normalized spacial score (nSPS) is 16.4. The summed E-state index contributed by atoms with van der Waals surface area (Å²) in [6, 6.07) is 12.6. The molecule has 0 saturated carbocycles. The number of hydrogen-bond acceptors (Lipinski definition) is 6. The Balaban J connectivity index is 1.57. The summed E-state index contributed by atoms with van der Waals surface area (Å²) in [5.74, 6) is 0.352. The van der Waals surface area contributed by atoms with E-state index in [0.717, 1.165) is 25.1 Å². The number of nitrogens with one attached hydrogen (secondary N) is 1. The smallest absolute Gasteiger partial charge is 0.255 e. The number of para-hydroxylation sites is 1. The minimum absolute atomic E-state index is 0.0159. The third kappa shape index (κ3) is 4.16. The molecule has 1 fully saturated rings. The Hall–Kier alpha value is -3.55. The first kappa shape index (κ1) is 18.8. The molecule has 1 aliphatic heterocycles. The van der Waals surface area contributed by atoms with Crippen LogP contribution in [0.5, 0.6) is 0 Å². The number of hydrogen-bond donors (Lipinski definition) is 1. The van der Waals surface area contributed by atoms with Gasteiger partial charge in [0.05, 0.1) is 17.3 Å². The lowest BCUT2D eigenvalue weighted by Gasteiger charge is -2.33. The van der Waals surface area contributed by atoms with Crippen LogP contribution in [-0.4, -0.2) is 38.5 Å². The topological polar surface area (TPSA) is 93.0 Å². The van der Waals surface area contributed by atoms with Gasteiger partial charge in [0.15, 0.2) is 0 Å². The van der Waals surface area contributed by atoms with Crippen molar-refractivity contribution in [3.05, 3.63) is 65.3 Å². The molecule has 1 amide bonds. The Morgan fingerprint density at radius 1 is 1.17 bits per heavy atom. The van der Waals surface area contributed by atoms with Crippen molar-refractivity contribution in [3.63, 3.8) is 0 Å². The fourth-order valence-electron chi connectivity index (χ4n) is 3.52. The van der Waals surface area contributed by atoms with Crippen LogP contribution in [0.15, 0.2) is 59.8 Å². The largest absolute Gasteiger partial charge is 0.341 e. The average molecular weight is 390 g/mol. The van der Waals surface area contributed by atoms with E-state index in [2.05, 4.69) is 20.3 Å². The summed E-state index contributed by atoms with van der Waals surface area (Å²) in [6.45, 7) is 1.24. The number of carbonyl (C=O) groups excluding carboxylic acids is 1. The maximum absolute atomic E-state index is 12.7. The Morgan fingerprint density at radius 2 is 2.00 bits per heavy atom. The molecule has 8 heteroatoms. The fourth-order valence-corrected chi connectivity index (χ4v) is 3.52. The highest BCUT2D eigenvalue weighted by Crippen LogP contribution is 2.24. The summed E-state index contributed by atoms with van der Waals surface area (Å²) in [6.07, 6.45) is 4.69. The summed E-state index contributed by atoms with van der Waals surface area (Å²) < 4.78 is 1.52. The molecule has 148 valence electrons. The third-order valence-corrected chi connectivity index (χ3v) is 5.07. The van der Waals surface area contributed by atoms with E-state index in [1.165, 1.54) is 17.0 Å². The molecule has 0 spiro atoms. The molecule has 1 aliphatic rings. The predicted molar refractivity (Wildman–Crippen MR) is 111 cm³/mol. The second-order valence-electron chi connectivity index (χ2n) is 7.07. The van der Waals surface area contributed by atoms with E-state index in [-0.39, 0.29) is 17.4 Å². The van der Waals surface area contributed by atoms with E-state index in [0.29, 0.717) is 23.9 Å². The zero-order chi connectivity index (χ0) is 20.2.